The van der Waals surface area contributed by atoms with Gasteiger partial charge < -0.3 is 14.6 Å². The highest BCUT2D eigenvalue weighted by atomic mass is 16.5. The van der Waals surface area contributed by atoms with Crippen LogP contribution in [0.2, 0.25) is 0 Å². The molecule has 1 aromatic rings. The van der Waals surface area contributed by atoms with Crippen LogP contribution in [0.5, 0.6) is 0 Å². The van der Waals surface area contributed by atoms with Gasteiger partial charge in [0.15, 0.2) is 6.61 Å². The van der Waals surface area contributed by atoms with Crippen LogP contribution in [0, 0.1) is 11.8 Å². The van der Waals surface area contributed by atoms with Crippen LogP contribution < -0.4 is 0 Å². The highest BCUT2D eigenvalue weighted by Crippen LogP contribution is 2.32. The standard InChI is InChI=1S/C22H32N2O4/c1-2-3-6-16-7-9-17(10-8-16)22(27)28-15-20(25)18-13-19(23-14-18)21(26)24-11-4-5-12-24/h13-14,16-17,23H,2-12,15H2,1H3. The number of carbonyl (C=O) groups is 3. The summed E-state index contributed by atoms with van der Waals surface area (Å²) in [5, 5.41) is 0. The normalized spacial score (nSPS) is 22.2. The zero-order valence-corrected chi connectivity index (χ0v) is 16.9. The molecule has 0 spiro atoms. The molecular formula is C22H32N2O4. The fourth-order valence-corrected chi connectivity index (χ4v) is 4.29. The summed E-state index contributed by atoms with van der Waals surface area (Å²) in [7, 11) is 0. The minimum atomic E-state index is -0.276. The van der Waals surface area contributed by atoms with Gasteiger partial charge in [0.05, 0.1) is 5.92 Å². The van der Waals surface area contributed by atoms with Crippen LogP contribution >= 0.6 is 0 Å². The van der Waals surface area contributed by atoms with Gasteiger partial charge in [0, 0.05) is 24.8 Å². The number of esters is 1. The van der Waals surface area contributed by atoms with E-state index in [1.54, 1.807) is 11.0 Å². The summed E-state index contributed by atoms with van der Waals surface area (Å²) < 4.78 is 5.29. The maximum Gasteiger partial charge on any atom is 0.309 e. The van der Waals surface area contributed by atoms with Crippen molar-refractivity contribution in [2.45, 2.75) is 64.7 Å². The molecule has 1 amide bonds. The van der Waals surface area contributed by atoms with Gasteiger partial charge in [0.25, 0.3) is 5.91 Å². The first kappa shape index (κ1) is 20.6. The van der Waals surface area contributed by atoms with Crippen LogP contribution in [0.25, 0.3) is 0 Å². The average Bonchev–Trinajstić information content (AvgIpc) is 3.42. The second-order valence-electron chi connectivity index (χ2n) is 8.19. The number of ketones is 1. The molecule has 1 saturated carbocycles. The Morgan fingerprint density at radius 2 is 1.86 bits per heavy atom. The van der Waals surface area contributed by atoms with Gasteiger partial charge in [0.1, 0.15) is 5.69 Å². The Labute approximate surface area is 167 Å². The number of unbranched alkanes of at least 4 members (excludes halogenated alkanes) is 1. The van der Waals surface area contributed by atoms with E-state index in [2.05, 4.69) is 11.9 Å². The zero-order valence-electron chi connectivity index (χ0n) is 16.9. The van der Waals surface area contributed by atoms with Crippen LogP contribution in [-0.4, -0.2) is 47.2 Å². The first-order valence-corrected chi connectivity index (χ1v) is 10.8. The Morgan fingerprint density at radius 3 is 2.54 bits per heavy atom. The molecule has 1 N–H and O–H groups in total. The monoisotopic (exact) mass is 388 g/mol. The minimum absolute atomic E-state index is 0.0756. The van der Waals surface area contributed by atoms with Crippen molar-refractivity contribution in [2.75, 3.05) is 19.7 Å². The Balaban J connectivity index is 1.43. The van der Waals surface area contributed by atoms with E-state index in [1.807, 2.05) is 0 Å². The van der Waals surface area contributed by atoms with E-state index in [4.69, 9.17) is 4.74 Å². The fraction of sp³-hybridized carbons (Fsp3) is 0.682. The smallest absolute Gasteiger partial charge is 0.309 e. The maximum atomic E-state index is 12.3. The van der Waals surface area contributed by atoms with Crippen molar-refractivity contribution in [3.05, 3.63) is 23.5 Å². The Morgan fingerprint density at radius 1 is 1.14 bits per heavy atom. The Hall–Kier alpha value is -2.11. The van der Waals surface area contributed by atoms with Crippen LogP contribution in [-0.2, 0) is 9.53 Å². The third-order valence-corrected chi connectivity index (χ3v) is 6.12. The van der Waals surface area contributed by atoms with E-state index >= 15 is 0 Å². The number of amides is 1. The van der Waals surface area contributed by atoms with Crippen molar-refractivity contribution in [1.29, 1.82) is 0 Å². The number of H-pyrrole nitrogens is 1. The summed E-state index contributed by atoms with van der Waals surface area (Å²) in [5.41, 5.74) is 0.806. The minimum Gasteiger partial charge on any atom is -0.457 e. The molecular weight excluding hydrogens is 356 g/mol. The van der Waals surface area contributed by atoms with E-state index in [0.717, 1.165) is 57.5 Å². The molecule has 6 heteroatoms. The van der Waals surface area contributed by atoms with Crippen LogP contribution in [0.4, 0.5) is 0 Å². The van der Waals surface area contributed by atoms with Crippen molar-refractivity contribution >= 4 is 17.7 Å². The summed E-state index contributed by atoms with van der Waals surface area (Å²) in [4.78, 5) is 41.7. The summed E-state index contributed by atoms with van der Waals surface area (Å²) >= 11 is 0. The Bertz CT molecular complexity index is 682. The molecule has 2 aliphatic rings. The quantitative estimate of drug-likeness (QED) is 0.540. The van der Waals surface area contributed by atoms with Gasteiger partial charge >= 0.3 is 5.97 Å². The number of Topliss-reactive ketones (excluding diaryl/α,β-unsaturated/α-hetero) is 1. The molecule has 1 aliphatic carbocycles. The number of nitrogens with one attached hydrogen (secondary N) is 1. The molecule has 0 atom stereocenters. The van der Waals surface area contributed by atoms with E-state index in [0.29, 0.717) is 11.3 Å². The highest BCUT2D eigenvalue weighted by Gasteiger charge is 2.28. The second-order valence-corrected chi connectivity index (χ2v) is 8.19. The molecule has 0 unspecified atom stereocenters. The van der Waals surface area contributed by atoms with Crippen LogP contribution in [0.15, 0.2) is 12.3 Å². The van der Waals surface area contributed by atoms with Crippen molar-refractivity contribution in [3.63, 3.8) is 0 Å². The van der Waals surface area contributed by atoms with Gasteiger partial charge in [-0.1, -0.05) is 26.2 Å². The van der Waals surface area contributed by atoms with Gasteiger partial charge in [-0.05, 0) is 50.5 Å². The molecule has 0 radical (unpaired) electrons. The lowest BCUT2D eigenvalue weighted by Crippen LogP contribution is -2.27. The summed E-state index contributed by atoms with van der Waals surface area (Å²) in [6, 6.07) is 1.57. The molecule has 6 nitrogen and oxygen atoms in total. The SMILES string of the molecule is CCCCC1CCC(C(=O)OCC(=O)c2c[nH]c(C(=O)N3CCCC3)c2)CC1. The van der Waals surface area contributed by atoms with Gasteiger partial charge in [-0.2, -0.15) is 0 Å². The van der Waals surface area contributed by atoms with Gasteiger partial charge in [0.2, 0.25) is 5.78 Å². The first-order valence-electron chi connectivity index (χ1n) is 10.8. The van der Waals surface area contributed by atoms with E-state index in [9.17, 15) is 14.4 Å². The van der Waals surface area contributed by atoms with Crippen molar-refractivity contribution in [3.8, 4) is 0 Å². The first-order chi connectivity index (χ1) is 13.6. The highest BCUT2D eigenvalue weighted by molar-refractivity contribution is 6.01. The Kier molecular flexibility index (Phi) is 7.29. The van der Waals surface area contributed by atoms with Gasteiger partial charge in [-0.25, -0.2) is 0 Å². The van der Waals surface area contributed by atoms with Crippen molar-refractivity contribution in [2.24, 2.45) is 11.8 Å². The third-order valence-electron chi connectivity index (χ3n) is 6.12. The van der Waals surface area contributed by atoms with E-state index in [-0.39, 0.29) is 30.2 Å². The lowest BCUT2D eigenvalue weighted by atomic mass is 9.80. The number of aromatic amines is 1. The van der Waals surface area contributed by atoms with Crippen molar-refractivity contribution in [1.82, 2.24) is 9.88 Å². The fourth-order valence-electron chi connectivity index (χ4n) is 4.29. The number of carbonyl (C=O) groups excluding carboxylic acids is 3. The molecule has 1 saturated heterocycles. The number of ether oxygens (including phenoxy) is 1. The summed E-state index contributed by atoms with van der Waals surface area (Å²) in [6.07, 6.45) is 11.2. The largest absolute Gasteiger partial charge is 0.457 e. The van der Waals surface area contributed by atoms with E-state index in [1.165, 1.54) is 25.5 Å². The van der Waals surface area contributed by atoms with Crippen LogP contribution in [0.3, 0.4) is 0 Å². The summed E-state index contributed by atoms with van der Waals surface area (Å²) in [6.45, 7) is 3.47. The lowest BCUT2D eigenvalue weighted by molar-refractivity contribution is -0.148. The number of aromatic nitrogens is 1. The number of likely N-dealkylation sites (tertiary alicyclic amines) is 1. The number of hydrogen-bond donors (Lipinski definition) is 1. The predicted octanol–water partition coefficient (Wildman–Crippen LogP) is 3.97. The molecule has 1 aliphatic heterocycles. The summed E-state index contributed by atoms with van der Waals surface area (Å²) in [5.74, 6) is 0.0440. The second kappa shape index (κ2) is 9.89. The lowest BCUT2D eigenvalue weighted by Gasteiger charge is -2.27. The number of hydrogen-bond acceptors (Lipinski definition) is 4. The molecule has 28 heavy (non-hydrogen) atoms. The molecule has 154 valence electrons. The molecule has 0 aromatic carbocycles. The maximum absolute atomic E-state index is 12.3. The van der Waals surface area contributed by atoms with Gasteiger partial charge in [-0.15, -0.1) is 0 Å². The average molecular weight is 389 g/mol. The molecule has 2 heterocycles. The molecule has 0 bridgehead atoms. The third kappa shape index (κ3) is 5.24. The van der Waals surface area contributed by atoms with Crippen LogP contribution in [0.1, 0.15) is 85.6 Å². The molecule has 2 fully saturated rings. The number of rotatable bonds is 8. The molecule has 3 rings (SSSR count). The number of nitrogens with zero attached hydrogens (tertiary/aromatic N) is 1. The molecule has 1 aromatic heterocycles. The zero-order chi connectivity index (χ0) is 19.9. The van der Waals surface area contributed by atoms with Crippen molar-refractivity contribution < 1.29 is 19.1 Å². The van der Waals surface area contributed by atoms with Gasteiger partial charge in [-0.3, -0.25) is 14.4 Å². The van der Waals surface area contributed by atoms with E-state index < -0.39 is 0 Å². The predicted molar refractivity (Wildman–Crippen MR) is 106 cm³/mol. The topological polar surface area (TPSA) is 79.5 Å².